The Kier molecular flexibility index (Phi) is 4.54. The number of rotatable bonds is 4. The molecule has 7 heteroatoms. The van der Waals surface area contributed by atoms with Gasteiger partial charge in [0, 0.05) is 11.9 Å². The third-order valence-corrected chi connectivity index (χ3v) is 3.06. The molecule has 2 rings (SSSR count). The molecule has 0 aliphatic carbocycles. The van der Waals surface area contributed by atoms with E-state index in [9.17, 15) is 13.2 Å². The predicted molar refractivity (Wildman–Crippen MR) is 77.4 cm³/mol. The van der Waals surface area contributed by atoms with Crippen molar-refractivity contribution in [3.05, 3.63) is 41.6 Å². The van der Waals surface area contributed by atoms with E-state index in [-0.39, 0.29) is 5.95 Å². The van der Waals surface area contributed by atoms with Gasteiger partial charge >= 0.3 is 6.18 Å². The quantitative estimate of drug-likeness (QED) is 0.910. The Morgan fingerprint density at radius 1 is 1.23 bits per heavy atom. The summed E-state index contributed by atoms with van der Waals surface area (Å²) in [5.41, 5.74) is 0.799. The van der Waals surface area contributed by atoms with E-state index in [1.807, 2.05) is 18.2 Å². The van der Waals surface area contributed by atoms with Crippen molar-refractivity contribution in [1.29, 1.82) is 0 Å². The summed E-state index contributed by atoms with van der Waals surface area (Å²) in [4.78, 5) is 7.46. The second kappa shape index (κ2) is 6.21. The molecule has 2 aromatic rings. The maximum absolute atomic E-state index is 12.8. The number of anilines is 2. The van der Waals surface area contributed by atoms with E-state index in [0.717, 1.165) is 12.7 Å². The SMILES string of the molecule is COc1nc(Nc2cccc(C(C)C)c2)ncc1C(F)(F)F. The van der Waals surface area contributed by atoms with Crippen LogP contribution in [0.2, 0.25) is 0 Å². The summed E-state index contributed by atoms with van der Waals surface area (Å²) in [6.07, 6.45) is -3.85. The standard InChI is InChI=1S/C15H16F3N3O/c1-9(2)10-5-4-6-11(7-10)20-14-19-8-12(15(16,17)18)13(21-14)22-3/h4-9H,1-3H3,(H,19,20,21). The van der Waals surface area contributed by atoms with Crippen LogP contribution in [0.15, 0.2) is 30.5 Å². The molecule has 0 saturated carbocycles. The zero-order valence-electron chi connectivity index (χ0n) is 12.4. The van der Waals surface area contributed by atoms with Gasteiger partial charge < -0.3 is 10.1 Å². The van der Waals surface area contributed by atoms with Gasteiger partial charge in [0.15, 0.2) is 0 Å². The molecule has 0 saturated heterocycles. The highest BCUT2D eigenvalue weighted by Crippen LogP contribution is 2.35. The van der Waals surface area contributed by atoms with Crippen LogP contribution >= 0.6 is 0 Å². The van der Waals surface area contributed by atoms with Crippen molar-refractivity contribution in [3.63, 3.8) is 0 Å². The number of alkyl halides is 3. The second-order valence-electron chi connectivity index (χ2n) is 5.02. The summed E-state index contributed by atoms with van der Waals surface area (Å²) >= 11 is 0. The van der Waals surface area contributed by atoms with Crippen LogP contribution in [0, 0.1) is 0 Å². The van der Waals surface area contributed by atoms with Crippen molar-refractivity contribution in [1.82, 2.24) is 9.97 Å². The average Bonchev–Trinajstić information content (AvgIpc) is 2.46. The maximum Gasteiger partial charge on any atom is 0.423 e. The summed E-state index contributed by atoms with van der Waals surface area (Å²) < 4.78 is 43.0. The molecule has 0 radical (unpaired) electrons. The number of hydrogen-bond donors (Lipinski definition) is 1. The zero-order chi connectivity index (χ0) is 16.3. The number of halogens is 3. The highest BCUT2D eigenvalue weighted by molar-refractivity contribution is 5.55. The summed E-state index contributed by atoms with van der Waals surface area (Å²) in [5, 5.41) is 2.88. The Hall–Kier alpha value is -2.31. The highest BCUT2D eigenvalue weighted by atomic mass is 19.4. The van der Waals surface area contributed by atoms with Crippen molar-refractivity contribution in [2.24, 2.45) is 0 Å². The molecule has 1 aromatic carbocycles. The van der Waals surface area contributed by atoms with Crippen LogP contribution in [0.5, 0.6) is 5.88 Å². The van der Waals surface area contributed by atoms with Gasteiger partial charge in [0.25, 0.3) is 0 Å². The van der Waals surface area contributed by atoms with Gasteiger partial charge in [0.05, 0.1) is 7.11 Å². The minimum absolute atomic E-state index is 0.0470. The van der Waals surface area contributed by atoms with Gasteiger partial charge in [0.2, 0.25) is 11.8 Å². The van der Waals surface area contributed by atoms with Crippen LogP contribution in [0.25, 0.3) is 0 Å². The fourth-order valence-corrected chi connectivity index (χ4v) is 1.88. The Bertz CT molecular complexity index is 657. The molecule has 0 spiro atoms. The maximum atomic E-state index is 12.8. The number of methoxy groups -OCH3 is 1. The van der Waals surface area contributed by atoms with Crippen molar-refractivity contribution < 1.29 is 17.9 Å². The molecule has 0 fully saturated rings. The number of ether oxygens (including phenoxy) is 1. The van der Waals surface area contributed by atoms with Crippen LogP contribution in [-0.2, 0) is 6.18 Å². The molecule has 1 heterocycles. The van der Waals surface area contributed by atoms with Gasteiger partial charge in [0.1, 0.15) is 5.56 Å². The topological polar surface area (TPSA) is 47.0 Å². The highest BCUT2D eigenvalue weighted by Gasteiger charge is 2.36. The lowest BCUT2D eigenvalue weighted by molar-refractivity contribution is -0.139. The summed E-state index contributed by atoms with van der Waals surface area (Å²) in [6, 6.07) is 7.53. The van der Waals surface area contributed by atoms with Crippen LogP contribution in [0.4, 0.5) is 24.8 Å². The number of hydrogen-bond acceptors (Lipinski definition) is 4. The molecule has 1 N–H and O–H groups in total. The largest absolute Gasteiger partial charge is 0.480 e. The Morgan fingerprint density at radius 3 is 2.55 bits per heavy atom. The molecule has 22 heavy (non-hydrogen) atoms. The molecule has 4 nitrogen and oxygen atoms in total. The second-order valence-corrected chi connectivity index (χ2v) is 5.02. The van der Waals surface area contributed by atoms with Gasteiger partial charge in [-0.2, -0.15) is 18.2 Å². The first-order valence-electron chi connectivity index (χ1n) is 6.66. The first-order valence-corrected chi connectivity index (χ1v) is 6.66. The number of aromatic nitrogens is 2. The molecular weight excluding hydrogens is 295 g/mol. The predicted octanol–water partition coefficient (Wildman–Crippen LogP) is 4.37. The summed E-state index contributed by atoms with van der Waals surface area (Å²) in [5.74, 6) is -0.124. The van der Waals surface area contributed by atoms with Gasteiger partial charge in [-0.1, -0.05) is 26.0 Å². The van der Waals surface area contributed by atoms with Crippen LogP contribution in [0.3, 0.4) is 0 Å². The molecule has 0 aliphatic rings. The van der Waals surface area contributed by atoms with Crippen LogP contribution in [0.1, 0.15) is 30.9 Å². The van der Waals surface area contributed by atoms with Crippen molar-refractivity contribution in [2.45, 2.75) is 25.9 Å². The number of nitrogens with zero attached hydrogens (tertiary/aromatic N) is 2. The van der Waals surface area contributed by atoms with Crippen LogP contribution in [-0.4, -0.2) is 17.1 Å². The molecule has 0 aliphatic heterocycles. The van der Waals surface area contributed by atoms with Crippen molar-refractivity contribution >= 4 is 11.6 Å². The lowest BCUT2D eigenvalue weighted by Gasteiger charge is -2.13. The van der Waals surface area contributed by atoms with Gasteiger partial charge in [-0.15, -0.1) is 0 Å². The Balaban J connectivity index is 2.29. The minimum Gasteiger partial charge on any atom is -0.480 e. The molecular formula is C15H16F3N3O. The lowest BCUT2D eigenvalue weighted by Crippen LogP contribution is -2.11. The third-order valence-electron chi connectivity index (χ3n) is 3.06. The van der Waals surface area contributed by atoms with Gasteiger partial charge in [-0.25, -0.2) is 4.98 Å². The fourth-order valence-electron chi connectivity index (χ4n) is 1.88. The van der Waals surface area contributed by atoms with Crippen molar-refractivity contribution in [2.75, 3.05) is 12.4 Å². The van der Waals surface area contributed by atoms with E-state index in [1.165, 1.54) is 0 Å². The van der Waals surface area contributed by atoms with E-state index in [2.05, 4.69) is 29.1 Å². The van der Waals surface area contributed by atoms with Crippen LogP contribution < -0.4 is 10.1 Å². The first kappa shape index (κ1) is 16.1. The molecule has 0 amide bonds. The monoisotopic (exact) mass is 311 g/mol. The smallest absolute Gasteiger partial charge is 0.423 e. The fraction of sp³-hybridized carbons (Fsp3) is 0.333. The zero-order valence-corrected chi connectivity index (χ0v) is 12.4. The van der Waals surface area contributed by atoms with E-state index < -0.39 is 17.6 Å². The van der Waals surface area contributed by atoms with E-state index in [4.69, 9.17) is 4.74 Å². The molecule has 0 atom stereocenters. The van der Waals surface area contributed by atoms with E-state index in [0.29, 0.717) is 17.8 Å². The van der Waals surface area contributed by atoms with E-state index in [1.54, 1.807) is 6.07 Å². The number of benzene rings is 1. The first-order chi connectivity index (χ1) is 10.3. The third kappa shape index (κ3) is 3.66. The minimum atomic E-state index is -4.55. The van der Waals surface area contributed by atoms with E-state index >= 15 is 0 Å². The number of nitrogens with one attached hydrogen (secondary N) is 1. The normalized spacial score (nSPS) is 11.6. The summed E-state index contributed by atoms with van der Waals surface area (Å²) in [7, 11) is 1.14. The molecule has 1 aromatic heterocycles. The molecule has 118 valence electrons. The summed E-state index contributed by atoms with van der Waals surface area (Å²) in [6.45, 7) is 4.10. The van der Waals surface area contributed by atoms with Gasteiger partial charge in [-0.3, -0.25) is 0 Å². The molecule has 0 unspecified atom stereocenters. The molecule has 0 bridgehead atoms. The average molecular weight is 311 g/mol. The lowest BCUT2D eigenvalue weighted by atomic mass is 10.0. The van der Waals surface area contributed by atoms with Crippen molar-refractivity contribution in [3.8, 4) is 5.88 Å². The Morgan fingerprint density at radius 2 is 1.95 bits per heavy atom. The van der Waals surface area contributed by atoms with Gasteiger partial charge in [-0.05, 0) is 23.6 Å². The Labute approximate surface area is 126 Å².